The van der Waals surface area contributed by atoms with Gasteiger partial charge in [0.1, 0.15) is 16.5 Å². The van der Waals surface area contributed by atoms with Crippen molar-refractivity contribution in [1.82, 2.24) is 14.6 Å². The smallest absolute Gasteiger partial charge is 0.213 e. The predicted octanol–water partition coefficient (Wildman–Crippen LogP) is 3.83. The van der Waals surface area contributed by atoms with Crippen LogP contribution in [-0.2, 0) is 11.8 Å². The van der Waals surface area contributed by atoms with Gasteiger partial charge in [-0.2, -0.15) is 9.61 Å². The molecule has 0 aliphatic rings. The van der Waals surface area contributed by atoms with Crippen molar-refractivity contribution in [3.63, 3.8) is 0 Å². The normalized spacial score (nSPS) is 11.8. The molecule has 0 saturated carbocycles. The summed E-state index contributed by atoms with van der Waals surface area (Å²) in [5.74, 6) is 0.861. The fourth-order valence-corrected chi connectivity index (χ4v) is 3.40. The summed E-state index contributed by atoms with van der Waals surface area (Å²) in [6, 6.07) is 7.97. The molecule has 126 valence electrons. The highest BCUT2D eigenvalue weighted by Crippen LogP contribution is 2.27. The Kier molecular flexibility index (Phi) is 4.41. The molecule has 0 spiro atoms. The third-order valence-electron chi connectivity index (χ3n) is 3.68. The van der Waals surface area contributed by atoms with E-state index >= 15 is 0 Å². The molecule has 24 heavy (non-hydrogen) atoms. The minimum atomic E-state index is -0.182. The SMILES string of the molecule is Cc1cccc(OCCc2nn3c(C=O)c(C(C)(C)C)nc3s2)c1. The topological polar surface area (TPSA) is 56.5 Å². The van der Waals surface area contributed by atoms with Gasteiger partial charge >= 0.3 is 0 Å². The van der Waals surface area contributed by atoms with Crippen LogP contribution in [0.15, 0.2) is 24.3 Å². The first kappa shape index (κ1) is 16.6. The number of hydrogen-bond acceptors (Lipinski definition) is 5. The molecule has 0 fully saturated rings. The standard InChI is InChI=1S/C18H21N3O2S/c1-12-6-5-7-13(10-12)23-9-8-15-20-21-14(11-22)16(18(2,3)4)19-17(21)24-15/h5-7,10-11H,8-9H2,1-4H3. The average molecular weight is 343 g/mol. The second-order valence-corrected chi connectivity index (χ2v) is 7.86. The highest BCUT2D eigenvalue weighted by molar-refractivity contribution is 7.16. The van der Waals surface area contributed by atoms with Crippen molar-refractivity contribution >= 4 is 22.6 Å². The molecule has 0 atom stereocenters. The van der Waals surface area contributed by atoms with Crippen LogP contribution in [0.4, 0.5) is 0 Å². The highest BCUT2D eigenvalue weighted by atomic mass is 32.1. The zero-order chi connectivity index (χ0) is 17.3. The van der Waals surface area contributed by atoms with Gasteiger partial charge in [0.15, 0.2) is 6.29 Å². The van der Waals surface area contributed by atoms with Crippen molar-refractivity contribution in [2.24, 2.45) is 0 Å². The van der Waals surface area contributed by atoms with Crippen molar-refractivity contribution in [3.8, 4) is 5.75 Å². The largest absolute Gasteiger partial charge is 0.493 e. The van der Waals surface area contributed by atoms with E-state index in [4.69, 9.17) is 4.74 Å². The van der Waals surface area contributed by atoms with Gasteiger partial charge in [-0.15, -0.1) is 0 Å². The summed E-state index contributed by atoms with van der Waals surface area (Å²) in [5.41, 5.74) is 2.32. The predicted molar refractivity (Wildman–Crippen MR) is 95.3 cm³/mol. The number of carbonyl (C=O) groups excluding carboxylic acids is 1. The number of aldehydes is 1. The Labute approximate surface area is 145 Å². The summed E-state index contributed by atoms with van der Waals surface area (Å²) in [7, 11) is 0. The summed E-state index contributed by atoms with van der Waals surface area (Å²) in [5, 5.41) is 5.44. The summed E-state index contributed by atoms with van der Waals surface area (Å²) in [6.45, 7) is 8.72. The van der Waals surface area contributed by atoms with Crippen LogP contribution >= 0.6 is 11.3 Å². The van der Waals surface area contributed by atoms with Crippen LogP contribution in [0.25, 0.3) is 4.96 Å². The third-order valence-corrected chi connectivity index (χ3v) is 4.64. The van der Waals surface area contributed by atoms with E-state index in [-0.39, 0.29) is 5.41 Å². The number of rotatable bonds is 5. The Hall–Kier alpha value is -2.21. The fraction of sp³-hybridized carbons (Fsp3) is 0.389. The van der Waals surface area contributed by atoms with E-state index in [1.54, 1.807) is 4.52 Å². The van der Waals surface area contributed by atoms with Gasteiger partial charge in [-0.05, 0) is 24.6 Å². The monoisotopic (exact) mass is 343 g/mol. The molecule has 0 bridgehead atoms. The molecular weight excluding hydrogens is 322 g/mol. The molecular formula is C18H21N3O2S. The summed E-state index contributed by atoms with van der Waals surface area (Å²) < 4.78 is 7.42. The van der Waals surface area contributed by atoms with Crippen LogP contribution in [0.1, 0.15) is 47.5 Å². The minimum Gasteiger partial charge on any atom is -0.493 e. The molecule has 6 heteroatoms. The molecule has 0 unspecified atom stereocenters. The Bertz CT molecular complexity index is 874. The molecule has 2 heterocycles. The van der Waals surface area contributed by atoms with E-state index in [0.717, 1.165) is 27.7 Å². The third kappa shape index (κ3) is 3.33. The second kappa shape index (κ2) is 6.36. The number of benzene rings is 1. The van der Waals surface area contributed by atoms with Crippen molar-refractivity contribution in [2.75, 3.05) is 6.61 Å². The fourth-order valence-electron chi connectivity index (χ4n) is 2.52. The molecule has 2 aromatic heterocycles. The van der Waals surface area contributed by atoms with Gasteiger partial charge in [-0.25, -0.2) is 4.98 Å². The number of carbonyl (C=O) groups is 1. The first-order valence-corrected chi connectivity index (χ1v) is 8.73. The molecule has 1 aromatic carbocycles. The molecule has 0 radical (unpaired) electrons. The van der Waals surface area contributed by atoms with Crippen molar-refractivity contribution in [3.05, 3.63) is 46.2 Å². The molecule has 0 N–H and O–H groups in total. The lowest BCUT2D eigenvalue weighted by molar-refractivity contribution is 0.111. The number of nitrogens with zero attached hydrogens (tertiary/aromatic N) is 3. The number of aryl methyl sites for hydroxylation is 1. The van der Waals surface area contributed by atoms with E-state index in [2.05, 4.69) is 10.1 Å². The molecule has 0 aliphatic heterocycles. The van der Waals surface area contributed by atoms with E-state index in [1.807, 2.05) is 52.0 Å². The van der Waals surface area contributed by atoms with Crippen LogP contribution in [-0.4, -0.2) is 27.5 Å². The van der Waals surface area contributed by atoms with Gasteiger partial charge in [-0.1, -0.05) is 44.2 Å². The van der Waals surface area contributed by atoms with E-state index in [1.165, 1.54) is 16.9 Å². The van der Waals surface area contributed by atoms with Gasteiger partial charge in [0.25, 0.3) is 0 Å². The molecule has 0 aliphatic carbocycles. The van der Waals surface area contributed by atoms with Gasteiger partial charge in [0.05, 0.1) is 12.3 Å². The number of aromatic nitrogens is 3. The number of fused-ring (bicyclic) bond motifs is 1. The van der Waals surface area contributed by atoms with E-state index in [0.29, 0.717) is 18.7 Å². The lowest BCUT2D eigenvalue weighted by Crippen LogP contribution is -2.15. The molecule has 3 rings (SSSR count). The second-order valence-electron chi connectivity index (χ2n) is 6.82. The maximum Gasteiger partial charge on any atom is 0.213 e. The van der Waals surface area contributed by atoms with Gasteiger partial charge in [-0.3, -0.25) is 4.79 Å². The zero-order valence-corrected chi connectivity index (χ0v) is 15.2. The quantitative estimate of drug-likeness (QED) is 0.661. The van der Waals surface area contributed by atoms with Crippen LogP contribution in [0.3, 0.4) is 0 Å². The number of ether oxygens (including phenoxy) is 1. The van der Waals surface area contributed by atoms with E-state index in [9.17, 15) is 4.79 Å². The molecule has 3 aromatic rings. The van der Waals surface area contributed by atoms with Gasteiger partial charge < -0.3 is 4.74 Å². The lowest BCUT2D eigenvalue weighted by atomic mass is 9.91. The Balaban J connectivity index is 1.74. The first-order chi connectivity index (χ1) is 11.4. The Morgan fingerprint density at radius 2 is 2.12 bits per heavy atom. The summed E-state index contributed by atoms with van der Waals surface area (Å²) in [4.78, 5) is 16.8. The number of imidazole rings is 1. The Morgan fingerprint density at radius 3 is 2.79 bits per heavy atom. The molecule has 0 saturated heterocycles. The minimum absolute atomic E-state index is 0.182. The molecule has 0 amide bonds. The van der Waals surface area contributed by atoms with Crippen LogP contribution in [0.2, 0.25) is 0 Å². The first-order valence-electron chi connectivity index (χ1n) is 7.92. The van der Waals surface area contributed by atoms with E-state index < -0.39 is 0 Å². The molecule has 5 nitrogen and oxygen atoms in total. The van der Waals surface area contributed by atoms with Crippen molar-refractivity contribution in [2.45, 2.75) is 39.5 Å². The van der Waals surface area contributed by atoms with Crippen molar-refractivity contribution in [1.29, 1.82) is 0 Å². The van der Waals surface area contributed by atoms with Crippen molar-refractivity contribution < 1.29 is 9.53 Å². The Morgan fingerprint density at radius 1 is 1.33 bits per heavy atom. The lowest BCUT2D eigenvalue weighted by Gasteiger charge is -2.15. The average Bonchev–Trinajstić information content (AvgIpc) is 3.03. The van der Waals surface area contributed by atoms with Gasteiger partial charge in [0, 0.05) is 11.8 Å². The number of hydrogen-bond donors (Lipinski definition) is 0. The van der Waals surface area contributed by atoms with Gasteiger partial charge in [0.2, 0.25) is 4.96 Å². The summed E-state index contributed by atoms with van der Waals surface area (Å²) in [6.07, 6.45) is 1.53. The maximum atomic E-state index is 11.5. The van der Waals surface area contributed by atoms with Crippen LogP contribution in [0, 0.1) is 6.92 Å². The summed E-state index contributed by atoms with van der Waals surface area (Å²) >= 11 is 1.50. The van der Waals surface area contributed by atoms with Crippen LogP contribution < -0.4 is 4.74 Å². The highest BCUT2D eigenvalue weighted by Gasteiger charge is 2.25. The zero-order valence-electron chi connectivity index (χ0n) is 14.4. The maximum absolute atomic E-state index is 11.5. The van der Waals surface area contributed by atoms with Crippen LogP contribution in [0.5, 0.6) is 5.75 Å².